The number of hydrogen-bond acceptors (Lipinski definition) is 2. The van der Waals surface area contributed by atoms with Crippen LogP contribution >= 0.6 is 0 Å². The summed E-state index contributed by atoms with van der Waals surface area (Å²) in [5.74, 6) is 0. The van der Waals surface area contributed by atoms with E-state index in [2.05, 4.69) is 4.90 Å². The largest absolute Gasteiger partial charge is 0.302 e. The fourth-order valence-electron chi connectivity index (χ4n) is 1.95. The van der Waals surface area contributed by atoms with Crippen LogP contribution in [0.3, 0.4) is 0 Å². The summed E-state index contributed by atoms with van der Waals surface area (Å²) in [4.78, 5) is 2.87. The molecule has 1 aliphatic heterocycles. The van der Waals surface area contributed by atoms with E-state index < -0.39 is 11.1 Å². The Morgan fingerprint density at radius 2 is 2.07 bits per heavy atom. The molecule has 1 unspecified atom stereocenters. The number of benzene rings is 1. The second-order valence-corrected chi connectivity index (χ2v) is 4.85. The predicted octanol–water partition coefficient (Wildman–Crippen LogP) is 1.86. The van der Waals surface area contributed by atoms with Gasteiger partial charge in [0.2, 0.25) is 0 Å². The third kappa shape index (κ3) is 2.87. The summed E-state index contributed by atoms with van der Waals surface area (Å²) in [5, 5.41) is 0. The van der Waals surface area contributed by atoms with Crippen molar-refractivity contribution in [1.29, 1.82) is 0 Å². The molecular weight excluding hydrogens is 210 g/mol. The van der Waals surface area contributed by atoms with Crippen molar-refractivity contribution in [3.63, 3.8) is 0 Å². The topological polar surface area (TPSA) is 40.5 Å². The Hall–Kier alpha value is -0.710. The monoisotopic (exact) mass is 225 g/mol. The molecule has 1 N–H and O–H groups in total. The van der Waals surface area contributed by atoms with Crippen molar-refractivity contribution < 1.29 is 8.76 Å². The molecule has 1 fully saturated rings. The van der Waals surface area contributed by atoms with Gasteiger partial charge >= 0.3 is 0 Å². The van der Waals surface area contributed by atoms with Gasteiger partial charge in [0.15, 0.2) is 11.1 Å². The van der Waals surface area contributed by atoms with Gasteiger partial charge < -0.3 is 4.55 Å². The van der Waals surface area contributed by atoms with Crippen LogP contribution in [0.1, 0.15) is 18.4 Å². The summed E-state index contributed by atoms with van der Waals surface area (Å²) in [5.41, 5.74) is 1.12. The molecule has 2 rings (SSSR count). The van der Waals surface area contributed by atoms with E-state index >= 15 is 0 Å². The molecule has 1 atom stereocenters. The first-order valence-corrected chi connectivity index (χ1v) is 6.28. The number of hydrogen-bond donors (Lipinski definition) is 1. The minimum Gasteiger partial charge on any atom is -0.302 e. The Morgan fingerprint density at radius 3 is 2.73 bits per heavy atom. The highest BCUT2D eigenvalue weighted by Crippen LogP contribution is 2.14. The van der Waals surface area contributed by atoms with Gasteiger partial charge in [0.25, 0.3) is 0 Å². The lowest BCUT2D eigenvalue weighted by atomic mass is 10.2. The van der Waals surface area contributed by atoms with Crippen molar-refractivity contribution in [2.45, 2.75) is 24.3 Å². The fourth-order valence-corrected chi connectivity index (χ4v) is 2.40. The van der Waals surface area contributed by atoms with Crippen LogP contribution in [0.5, 0.6) is 0 Å². The fraction of sp³-hybridized carbons (Fsp3) is 0.455. The van der Waals surface area contributed by atoms with Gasteiger partial charge in [-0.3, -0.25) is 4.90 Å². The van der Waals surface area contributed by atoms with Gasteiger partial charge in [-0.1, -0.05) is 12.1 Å². The highest BCUT2D eigenvalue weighted by molar-refractivity contribution is 7.79. The van der Waals surface area contributed by atoms with Gasteiger partial charge in [-0.15, -0.1) is 0 Å². The zero-order valence-corrected chi connectivity index (χ0v) is 9.37. The zero-order valence-electron chi connectivity index (χ0n) is 8.56. The SMILES string of the molecule is O=S(O)c1cccc(CN2CCCC2)c1. The Kier molecular flexibility index (Phi) is 3.51. The van der Waals surface area contributed by atoms with Crippen LogP contribution in [0.25, 0.3) is 0 Å². The number of nitrogens with zero attached hydrogens (tertiary/aromatic N) is 1. The van der Waals surface area contributed by atoms with Crippen LogP contribution in [0.15, 0.2) is 29.2 Å². The second kappa shape index (κ2) is 4.88. The molecule has 82 valence electrons. The molecule has 3 nitrogen and oxygen atoms in total. The summed E-state index contributed by atoms with van der Waals surface area (Å²) in [6.45, 7) is 3.18. The van der Waals surface area contributed by atoms with Crippen molar-refractivity contribution in [2.24, 2.45) is 0 Å². The van der Waals surface area contributed by atoms with E-state index in [4.69, 9.17) is 4.55 Å². The van der Waals surface area contributed by atoms with E-state index in [1.165, 1.54) is 12.8 Å². The molecule has 1 saturated heterocycles. The molecule has 0 amide bonds. The molecular formula is C11H15NO2S. The molecule has 1 aromatic rings. The molecule has 0 aromatic heterocycles. The van der Waals surface area contributed by atoms with Gasteiger partial charge in [0.1, 0.15) is 0 Å². The first kappa shape index (κ1) is 10.8. The highest BCUT2D eigenvalue weighted by atomic mass is 32.2. The van der Waals surface area contributed by atoms with Crippen LogP contribution in [0.4, 0.5) is 0 Å². The van der Waals surface area contributed by atoms with Gasteiger partial charge in [-0.25, -0.2) is 4.21 Å². The van der Waals surface area contributed by atoms with Crippen molar-refractivity contribution in [3.8, 4) is 0 Å². The molecule has 0 bridgehead atoms. The van der Waals surface area contributed by atoms with Gasteiger partial charge in [0, 0.05) is 6.54 Å². The van der Waals surface area contributed by atoms with E-state index in [1.54, 1.807) is 6.07 Å². The molecule has 0 radical (unpaired) electrons. The smallest absolute Gasteiger partial charge is 0.186 e. The molecule has 1 heterocycles. The van der Waals surface area contributed by atoms with E-state index in [0.29, 0.717) is 4.90 Å². The van der Waals surface area contributed by atoms with Crippen LogP contribution in [0, 0.1) is 0 Å². The molecule has 0 spiro atoms. The maximum Gasteiger partial charge on any atom is 0.186 e. The first-order chi connectivity index (χ1) is 7.25. The van der Waals surface area contributed by atoms with Crippen molar-refractivity contribution >= 4 is 11.1 Å². The van der Waals surface area contributed by atoms with Crippen LogP contribution in [-0.2, 0) is 17.6 Å². The summed E-state index contributed by atoms with van der Waals surface area (Å²) in [6, 6.07) is 7.35. The van der Waals surface area contributed by atoms with Crippen molar-refractivity contribution in [1.82, 2.24) is 4.90 Å². The zero-order chi connectivity index (χ0) is 10.7. The quantitative estimate of drug-likeness (QED) is 0.798. The lowest BCUT2D eigenvalue weighted by molar-refractivity contribution is 0.331. The molecule has 4 heteroatoms. The third-order valence-electron chi connectivity index (χ3n) is 2.70. The second-order valence-electron chi connectivity index (χ2n) is 3.88. The normalized spacial score (nSPS) is 19.3. The minimum absolute atomic E-state index is 0.492. The maximum absolute atomic E-state index is 10.9. The van der Waals surface area contributed by atoms with Crippen molar-refractivity contribution in [3.05, 3.63) is 29.8 Å². The highest BCUT2D eigenvalue weighted by Gasteiger charge is 2.12. The Balaban J connectivity index is 2.07. The molecule has 1 aromatic carbocycles. The summed E-state index contributed by atoms with van der Waals surface area (Å²) in [6.07, 6.45) is 2.54. The first-order valence-electron chi connectivity index (χ1n) is 5.18. The van der Waals surface area contributed by atoms with Crippen LogP contribution < -0.4 is 0 Å². The molecule has 1 aliphatic rings. The number of rotatable bonds is 3. The standard InChI is InChI=1S/C11H15NO2S/c13-15(14)11-5-3-4-10(8-11)9-12-6-1-2-7-12/h3-5,8H,1-2,6-7,9H2,(H,13,14). The van der Waals surface area contributed by atoms with Gasteiger partial charge in [-0.05, 0) is 43.6 Å². The van der Waals surface area contributed by atoms with Crippen LogP contribution in [-0.4, -0.2) is 26.8 Å². The lowest BCUT2D eigenvalue weighted by Crippen LogP contribution is -2.18. The average molecular weight is 225 g/mol. The molecule has 15 heavy (non-hydrogen) atoms. The average Bonchev–Trinajstić information content (AvgIpc) is 2.71. The Bertz CT molecular complexity index is 361. The number of likely N-dealkylation sites (tertiary alicyclic amines) is 1. The van der Waals surface area contributed by atoms with E-state index in [0.717, 1.165) is 25.2 Å². The minimum atomic E-state index is -1.86. The Morgan fingerprint density at radius 1 is 1.33 bits per heavy atom. The summed E-state index contributed by atoms with van der Waals surface area (Å²) >= 11 is -1.86. The summed E-state index contributed by atoms with van der Waals surface area (Å²) < 4.78 is 19.9. The Labute approximate surface area is 92.4 Å². The third-order valence-corrected chi connectivity index (χ3v) is 3.36. The lowest BCUT2D eigenvalue weighted by Gasteiger charge is -2.14. The van der Waals surface area contributed by atoms with Crippen molar-refractivity contribution in [2.75, 3.05) is 13.1 Å². The molecule has 0 saturated carbocycles. The molecule has 0 aliphatic carbocycles. The van der Waals surface area contributed by atoms with E-state index in [1.807, 2.05) is 18.2 Å². The van der Waals surface area contributed by atoms with Gasteiger partial charge in [0.05, 0.1) is 4.90 Å². The van der Waals surface area contributed by atoms with Gasteiger partial charge in [-0.2, -0.15) is 0 Å². The maximum atomic E-state index is 10.9. The van der Waals surface area contributed by atoms with E-state index in [-0.39, 0.29) is 0 Å². The predicted molar refractivity (Wildman–Crippen MR) is 60.0 cm³/mol. The summed E-state index contributed by atoms with van der Waals surface area (Å²) in [7, 11) is 0. The van der Waals surface area contributed by atoms with Crippen LogP contribution in [0.2, 0.25) is 0 Å². The van der Waals surface area contributed by atoms with E-state index in [9.17, 15) is 4.21 Å².